The molecule has 0 aliphatic rings. The normalized spacial score (nSPS) is 11.0. The minimum Gasteiger partial charge on any atom is -0.744 e. The SMILES string of the molecule is Cc1ccccc1[S+](c1ccccc1)c1ccccc1.O=S(=O)([O-])c1cc(Cl)ccc1Cl. The average molecular weight is 503 g/mol. The summed E-state index contributed by atoms with van der Waals surface area (Å²) in [5, 5.41) is 0.0447. The van der Waals surface area contributed by atoms with Crippen molar-refractivity contribution in [3.63, 3.8) is 0 Å². The monoisotopic (exact) mass is 502 g/mol. The van der Waals surface area contributed by atoms with Gasteiger partial charge >= 0.3 is 0 Å². The number of hydrogen-bond donors (Lipinski definition) is 0. The van der Waals surface area contributed by atoms with E-state index in [1.54, 1.807) is 0 Å². The Hall–Kier alpha value is -2.28. The van der Waals surface area contributed by atoms with Crippen LogP contribution in [0.15, 0.2) is 123 Å². The van der Waals surface area contributed by atoms with Crippen LogP contribution in [0.5, 0.6) is 0 Å². The highest BCUT2D eigenvalue weighted by Gasteiger charge is 2.29. The van der Waals surface area contributed by atoms with Gasteiger partial charge in [0.15, 0.2) is 14.7 Å². The minimum absolute atomic E-state index is 0.0262. The molecule has 0 saturated heterocycles. The second kappa shape index (κ2) is 11.0. The predicted molar refractivity (Wildman–Crippen MR) is 131 cm³/mol. The molecule has 164 valence electrons. The third-order valence-corrected chi connectivity index (χ3v) is 8.37. The van der Waals surface area contributed by atoms with E-state index in [1.807, 2.05) is 0 Å². The maximum absolute atomic E-state index is 10.5. The fraction of sp³-hybridized carbons (Fsp3) is 0.0400. The Labute approximate surface area is 201 Å². The van der Waals surface area contributed by atoms with Gasteiger partial charge in [0.25, 0.3) is 0 Å². The molecule has 7 heteroatoms. The molecule has 0 aromatic heterocycles. The van der Waals surface area contributed by atoms with Crippen LogP contribution in [0.2, 0.25) is 10.0 Å². The highest BCUT2D eigenvalue weighted by atomic mass is 35.5. The Balaban J connectivity index is 0.000000207. The van der Waals surface area contributed by atoms with Gasteiger partial charge in [0.1, 0.15) is 10.1 Å². The summed E-state index contributed by atoms with van der Waals surface area (Å²) in [5.41, 5.74) is 1.35. The summed E-state index contributed by atoms with van der Waals surface area (Å²) in [6.45, 7) is 2.20. The Morgan fingerprint density at radius 2 is 1.22 bits per heavy atom. The van der Waals surface area contributed by atoms with Gasteiger partial charge in [0.2, 0.25) is 0 Å². The maximum atomic E-state index is 10.5. The van der Waals surface area contributed by atoms with Crippen molar-refractivity contribution in [2.24, 2.45) is 0 Å². The summed E-state index contributed by atoms with van der Waals surface area (Å²) in [4.78, 5) is 3.66. The van der Waals surface area contributed by atoms with Crippen LogP contribution in [-0.2, 0) is 21.0 Å². The molecule has 0 heterocycles. The largest absolute Gasteiger partial charge is 0.744 e. The van der Waals surface area contributed by atoms with E-state index < -0.39 is 15.0 Å². The first-order valence-electron chi connectivity index (χ1n) is 9.58. The third-order valence-electron chi connectivity index (χ3n) is 4.43. The molecular weight excluding hydrogens is 483 g/mol. The van der Waals surface area contributed by atoms with Crippen molar-refractivity contribution < 1.29 is 13.0 Å². The fourth-order valence-corrected chi connectivity index (χ4v) is 6.42. The second-order valence-electron chi connectivity index (χ2n) is 6.73. The van der Waals surface area contributed by atoms with Crippen molar-refractivity contribution in [1.82, 2.24) is 0 Å². The number of benzene rings is 4. The van der Waals surface area contributed by atoms with Gasteiger partial charge in [0.05, 0.1) is 20.8 Å². The first-order chi connectivity index (χ1) is 15.3. The molecule has 4 rings (SSSR count). The van der Waals surface area contributed by atoms with E-state index in [-0.39, 0.29) is 20.9 Å². The van der Waals surface area contributed by atoms with Gasteiger partial charge in [-0.2, -0.15) is 0 Å². The molecule has 3 nitrogen and oxygen atoms in total. The van der Waals surface area contributed by atoms with E-state index in [0.29, 0.717) is 0 Å². The first kappa shape index (κ1) is 24.4. The summed E-state index contributed by atoms with van der Waals surface area (Å²) in [6.07, 6.45) is 0. The Morgan fingerprint density at radius 1 is 0.719 bits per heavy atom. The van der Waals surface area contributed by atoms with Crippen LogP contribution < -0.4 is 0 Å². The molecule has 0 N–H and O–H groups in total. The number of hydrogen-bond acceptors (Lipinski definition) is 3. The van der Waals surface area contributed by atoms with E-state index in [4.69, 9.17) is 23.2 Å². The van der Waals surface area contributed by atoms with Crippen LogP contribution >= 0.6 is 23.2 Å². The van der Waals surface area contributed by atoms with Gasteiger partial charge in [-0.3, -0.25) is 0 Å². The Bertz CT molecular complexity index is 1240. The second-order valence-corrected chi connectivity index (χ2v) is 10.9. The van der Waals surface area contributed by atoms with Gasteiger partial charge in [0, 0.05) is 10.6 Å². The van der Waals surface area contributed by atoms with Crippen molar-refractivity contribution in [3.8, 4) is 0 Å². The zero-order valence-corrected chi connectivity index (χ0v) is 20.3. The molecule has 0 aliphatic heterocycles. The summed E-state index contributed by atoms with van der Waals surface area (Å²) in [5.74, 6) is 0. The Kier molecular flexibility index (Phi) is 8.40. The van der Waals surface area contributed by atoms with Gasteiger partial charge in [-0.25, -0.2) is 8.42 Å². The van der Waals surface area contributed by atoms with Crippen LogP contribution in [0.4, 0.5) is 0 Å². The zero-order chi connectivity index (χ0) is 23.1. The summed E-state index contributed by atoms with van der Waals surface area (Å²) in [7, 11) is -4.55. The molecule has 4 aromatic rings. The third kappa shape index (κ3) is 6.37. The van der Waals surface area contributed by atoms with Crippen molar-refractivity contribution in [2.45, 2.75) is 26.5 Å². The number of halogens is 2. The molecule has 0 fully saturated rings. The maximum Gasteiger partial charge on any atom is 0.169 e. The highest BCUT2D eigenvalue weighted by Crippen LogP contribution is 2.32. The Morgan fingerprint density at radius 3 is 1.69 bits per heavy atom. The minimum atomic E-state index is -4.52. The molecule has 4 aromatic carbocycles. The molecule has 32 heavy (non-hydrogen) atoms. The van der Waals surface area contributed by atoms with E-state index in [9.17, 15) is 13.0 Å². The first-order valence-corrected chi connectivity index (χ1v) is 13.0. The predicted octanol–water partition coefficient (Wildman–Crippen LogP) is 6.99. The highest BCUT2D eigenvalue weighted by molar-refractivity contribution is 7.97. The summed E-state index contributed by atoms with van der Waals surface area (Å²) in [6, 6.07) is 33.9. The lowest BCUT2D eigenvalue weighted by Gasteiger charge is -2.09. The molecule has 0 atom stereocenters. The number of rotatable bonds is 4. The van der Waals surface area contributed by atoms with Gasteiger partial charge in [-0.1, -0.05) is 77.8 Å². The van der Waals surface area contributed by atoms with Crippen LogP contribution in [0.25, 0.3) is 0 Å². The average Bonchev–Trinajstić information content (AvgIpc) is 2.78. The quantitative estimate of drug-likeness (QED) is 0.223. The molecule has 0 bridgehead atoms. The topological polar surface area (TPSA) is 57.2 Å². The molecule has 0 radical (unpaired) electrons. The zero-order valence-electron chi connectivity index (χ0n) is 17.1. The molecule has 0 unspecified atom stereocenters. The van der Waals surface area contributed by atoms with Crippen molar-refractivity contribution >= 4 is 44.2 Å². The molecular formula is C25H20Cl2O3S2. The lowest BCUT2D eigenvalue weighted by Crippen LogP contribution is -2.06. The van der Waals surface area contributed by atoms with Crippen LogP contribution in [0.3, 0.4) is 0 Å². The summed E-state index contributed by atoms with van der Waals surface area (Å²) < 4.78 is 31.5. The van der Waals surface area contributed by atoms with Crippen LogP contribution in [0, 0.1) is 6.92 Å². The standard InChI is InChI=1S/C19H17S.C6H4Cl2O3S/c1-16-10-8-9-15-19(16)20(17-11-4-2-5-12-17)18-13-6-3-7-14-18;7-4-1-2-5(8)6(3-4)12(9,10)11/h2-15H,1H3;1-3H,(H,9,10,11)/q+1;/p-1. The molecule has 0 spiro atoms. The van der Waals surface area contributed by atoms with Crippen molar-refractivity contribution in [2.75, 3.05) is 0 Å². The molecule has 0 saturated carbocycles. The van der Waals surface area contributed by atoms with Crippen molar-refractivity contribution in [1.29, 1.82) is 0 Å². The lowest BCUT2D eigenvalue weighted by atomic mass is 10.2. The molecule has 0 aliphatic carbocycles. The van der Waals surface area contributed by atoms with Gasteiger partial charge in [-0.05, 0) is 55.5 Å². The van der Waals surface area contributed by atoms with Crippen LogP contribution in [0.1, 0.15) is 5.56 Å². The fourth-order valence-electron chi connectivity index (χ4n) is 2.96. The van der Waals surface area contributed by atoms with Gasteiger partial charge < -0.3 is 4.55 Å². The van der Waals surface area contributed by atoms with Gasteiger partial charge in [-0.15, -0.1) is 0 Å². The van der Waals surface area contributed by atoms with E-state index in [1.165, 1.54) is 32.4 Å². The smallest absolute Gasteiger partial charge is 0.169 e. The summed E-state index contributed by atoms with van der Waals surface area (Å²) >= 11 is 10.9. The molecule has 0 amide bonds. The van der Waals surface area contributed by atoms with Crippen LogP contribution in [-0.4, -0.2) is 13.0 Å². The number of aryl methyl sites for hydroxylation is 1. The van der Waals surface area contributed by atoms with E-state index >= 15 is 0 Å². The van der Waals surface area contributed by atoms with E-state index in [0.717, 1.165) is 6.07 Å². The van der Waals surface area contributed by atoms with Crippen molar-refractivity contribution in [3.05, 3.63) is 119 Å². The van der Waals surface area contributed by atoms with E-state index in [2.05, 4.69) is 91.9 Å². The lowest BCUT2D eigenvalue weighted by molar-refractivity contribution is 0.463.